The average molecular weight is 243 g/mol. The van der Waals surface area contributed by atoms with Gasteiger partial charge < -0.3 is 4.90 Å². The van der Waals surface area contributed by atoms with Crippen molar-refractivity contribution in [2.24, 2.45) is 0 Å². The second kappa shape index (κ2) is 4.64. The first-order valence-corrected chi connectivity index (χ1v) is 5.82. The minimum atomic E-state index is -0.0406. The number of imidazole rings is 1. The summed E-state index contributed by atoms with van der Waals surface area (Å²) >= 11 is 0. The number of nitrogens with zero attached hydrogens (tertiary/aromatic N) is 3. The van der Waals surface area contributed by atoms with Gasteiger partial charge in [-0.2, -0.15) is 0 Å². The molecular formula is C14H17N3O. The highest BCUT2D eigenvalue weighted by Gasteiger charge is 2.11. The van der Waals surface area contributed by atoms with Gasteiger partial charge in [-0.1, -0.05) is 6.07 Å². The normalized spacial score (nSPS) is 11.3. The first-order valence-electron chi connectivity index (χ1n) is 5.82. The maximum absolute atomic E-state index is 12.1. The first-order chi connectivity index (χ1) is 8.49. The minimum Gasteiger partial charge on any atom is -0.383 e. The fourth-order valence-corrected chi connectivity index (χ4v) is 1.91. The van der Waals surface area contributed by atoms with E-state index in [4.69, 9.17) is 0 Å². The Kier molecular flexibility index (Phi) is 3.19. The lowest BCUT2D eigenvalue weighted by molar-refractivity contribution is 0.104. The van der Waals surface area contributed by atoms with Gasteiger partial charge >= 0.3 is 0 Å². The van der Waals surface area contributed by atoms with Crippen molar-refractivity contribution in [3.63, 3.8) is 0 Å². The smallest absolute Gasteiger partial charge is 0.205 e. The number of ketones is 1. The zero-order valence-electron chi connectivity index (χ0n) is 11.1. The van der Waals surface area contributed by atoms with Gasteiger partial charge in [0.25, 0.3) is 0 Å². The van der Waals surface area contributed by atoms with Crippen LogP contribution in [0.4, 0.5) is 0 Å². The van der Waals surface area contributed by atoms with Gasteiger partial charge in [-0.05, 0) is 25.0 Å². The number of aryl methyl sites for hydroxylation is 2. The van der Waals surface area contributed by atoms with Crippen LogP contribution in [-0.4, -0.2) is 34.2 Å². The van der Waals surface area contributed by atoms with Crippen molar-refractivity contribution < 1.29 is 4.79 Å². The number of pyridine rings is 1. The molecule has 2 aromatic heterocycles. The van der Waals surface area contributed by atoms with Gasteiger partial charge in [0.15, 0.2) is 0 Å². The van der Waals surface area contributed by atoms with Crippen LogP contribution < -0.4 is 0 Å². The summed E-state index contributed by atoms with van der Waals surface area (Å²) < 4.78 is 1.85. The second-order valence-electron chi connectivity index (χ2n) is 4.68. The molecule has 2 aromatic rings. The number of hydrogen-bond acceptors (Lipinski definition) is 3. The SMILES string of the molecule is Cc1cc(C)c2ncc(C(=O)/C=C/N(C)C)n2c1. The summed E-state index contributed by atoms with van der Waals surface area (Å²) in [5.74, 6) is -0.0406. The quantitative estimate of drug-likeness (QED) is 0.612. The van der Waals surface area contributed by atoms with Gasteiger partial charge in [-0.15, -0.1) is 0 Å². The van der Waals surface area contributed by atoms with E-state index in [9.17, 15) is 4.79 Å². The number of allylic oxidation sites excluding steroid dienone is 1. The molecule has 0 aliphatic carbocycles. The Bertz CT molecular complexity index is 623. The van der Waals surface area contributed by atoms with Crippen molar-refractivity contribution in [2.45, 2.75) is 13.8 Å². The largest absolute Gasteiger partial charge is 0.383 e. The summed E-state index contributed by atoms with van der Waals surface area (Å²) in [5.41, 5.74) is 3.62. The number of hydrogen-bond donors (Lipinski definition) is 0. The van der Waals surface area contributed by atoms with Crippen LogP contribution in [0.15, 0.2) is 30.7 Å². The topological polar surface area (TPSA) is 37.6 Å². The highest BCUT2D eigenvalue weighted by Crippen LogP contribution is 2.14. The van der Waals surface area contributed by atoms with E-state index in [-0.39, 0.29) is 5.78 Å². The highest BCUT2D eigenvalue weighted by atomic mass is 16.1. The number of carbonyl (C=O) groups is 1. The van der Waals surface area contributed by atoms with Crippen molar-refractivity contribution in [3.8, 4) is 0 Å². The molecule has 18 heavy (non-hydrogen) atoms. The van der Waals surface area contributed by atoms with Crippen LogP contribution in [0.25, 0.3) is 5.65 Å². The van der Waals surface area contributed by atoms with Gasteiger partial charge in [0.2, 0.25) is 5.78 Å². The van der Waals surface area contributed by atoms with Crippen LogP contribution in [0.5, 0.6) is 0 Å². The molecule has 0 bridgehead atoms. The van der Waals surface area contributed by atoms with Crippen molar-refractivity contribution in [1.29, 1.82) is 0 Å². The molecule has 2 heterocycles. The molecule has 94 valence electrons. The Morgan fingerprint density at radius 3 is 2.78 bits per heavy atom. The summed E-state index contributed by atoms with van der Waals surface area (Å²) in [6.45, 7) is 4.01. The number of rotatable bonds is 3. The molecule has 0 saturated carbocycles. The van der Waals surface area contributed by atoms with E-state index in [1.165, 1.54) is 0 Å². The van der Waals surface area contributed by atoms with Crippen LogP contribution in [0.2, 0.25) is 0 Å². The molecule has 4 nitrogen and oxygen atoms in total. The van der Waals surface area contributed by atoms with Gasteiger partial charge in [0.05, 0.1) is 6.20 Å². The Hall–Kier alpha value is -2.10. The molecule has 0 aliphatic rings. The third-order valence-electron chi connectivity index (χ3n) is 2.70. The molecule has 0 saturated heterocycles. The maximum atomic E-state index is 12.1. The van der Waals surface area contributed by atoms with Crippen LogP contribution in [0.3, 0.4) is 0 Å². The van der Waals surface area contributed by atoms with E-state index in [1.807, 2.05) is 43.4 Å². The van der Waals surface area contributed by atoms with E-state index >= 15 is 0 Å². The van der Waals surface area contributed by atoms with E-state index in [2.05, 4.69) is 11.1 Å². The Balaban J connectivity index is 2.49. The fourth-order valence-electron chi connectivity index (χ4n) is 1.91. The lowest BCUT2D eigenvalue weighted by Crippen LogP contribution is -2.05. The monoisotopic (exact) mass is 243 g/mol. The molecule has 0 spiro atoms. The Morgan fingerprint density at radius 2 is 2.11 bits per heavy atom. The minimum absolute atomic E-state index is 0.0406. The van der Waals surface area contributed by atoms with E-state index < -0.39 is 0 Å². The third-order valence-corrected chi connectivity index (χ3v) is 2.70. The van der Waals surface area contributed by atoms with Gasteiger partial charge in [0.1, 0.15) is 11.3 Å². The summed E-state index contributed by atoms with van der Waals surface area (Å²) in [6.07, 6.45) is 6.86. The lowest BCUT2D eigenvalue weighted by Gasteiger charge is -2.04. The predicted octanol–water partition coefficient (Wildman–Crippen LogP) is 2.21. The van der Waals surface area contributed by atoms with Crippen molar-refractivity contribution >= 4 is 11.4 Å². The number of aromatic nitrogens is 2. The van der Waals surface area contributed by atoms with E-state index in [0.29, 0.717) is 5.69 Å². The first kappa shape index (κ1) is 12.4. The predicted molar refractivity (Wildman–Crippen MR) is 71.8 cm³/mol. The van der Waals surface area contributed by atoms with Crippen molar-refractivity contribution in [2.75, 3.05) is 14.1 Å². The molecular weight excluding hydrogens is 226 g/mol. The highest BCUT2D eigenvalue weighted by molar-refractivity contribution is 6.03. The van der Waals surface area contributed by atoms with Crippen LogP contribution in [0, 0.1) is 13.8 Å². The zero-order chi connectivity index (χ0) is 13.3. The average Bonchev–Trinajstić information content (AvgIpc) is 2.69. The molecule has 4 heteroatoms. The number of carbonyl (C=O) groups excluding carboxylic acids is 1. The molecule has 0 fully saturated rings. The summed E-state index contributed by atoms with van der Waals surface area (Å²) in [6, 6.07) is 2.06. The van der Waals surface area contributed by atoms with Gasteiger partial charge in [0, 0.05) is 32.6 Å². The Morgan fingerprint density at radius 1 is 1.39 bits per heavy atom. The zero-order valence-corrected chi connectivity index (χ0v) is 11.1. The van der Waals surface area contributed by atoms with Crippen LogP contribution in [-0.2, 0) is 0 Å². The van der Waals surface area contributed by atoms with E-state index in [0.717, 1.165) is 16.8 Å². The standard InChI is InChI=1S/C14H17N3O/c1-10-7-11(2)14-15-8-12(17(14)9-10)13(18)5-6-16(3)4/h5-9H,1-4H3/b6-5+. The lowest BCUT2D eigenvalue weighted by atomic mass is 10.2. The van der Waals surface area contributed by atoms with Gasteiger partial charge in [-0.25, -0.2) is 4.98 Å². The van der Waals surface area contributed by atoms with Crippen LogP contribution in [0.1, 0.15) is 21.6 Å². The molecule has 0 aliphatic heterocycles. The van der Waals surface area contributed by atoms with E-state index in [1.54, 1.807) is 18.5 Å². The molecule has 0 aromatic carbocycles. The fraction of sp³-hybridized carbons (Fsp3) is 0.286. The maximum Gasteiger partial charge on any atom is 0.205 e. The molecule has 0 N–H and O–H groups in total. The second-order valence-corrected chi connectivity index (χ2v) is 4.68. The molecule has 0 amide bonds. The molecule has 2 rings (SSSR count). The van der Waals surface area contributed by atoms with Crippen molar-refractivity contribution in [3.05, 3.63) is 47.6 Å². The van der Waals surface area contributed by atoms with Crippen molar-refractivity contribution in [1.82, 2.24) is 14.3 Å². The van der Waals surface area contributed by atoms with Crippen LogP contribution >= 0.6 is 0 Å². The van der Waals surface area contributed by atoms with Gasteiger partial charge in [-0.3, -0.25) is 9.20 Å². The molecule has 0 unspecified atom stereocenters. The molecule has 0 atom stereocenters. The Labute approximate surface area is 107 Å². The summed E-state index contributed by atoms with van der Waals surface area (Å²) in [7, 11) is 3.76. The summed E-state index contributed by atoms with van der Waals surface area (Å²) in [5, 5.41) is 0. The summed E-state index contributed by atoms with van der Waals surface area (Å²) in [4.78, 5) is 18.2. The number of fused-ring (bicyclic) bond motifs is 1. The third kappa shape index (κ3) is 2.27. The molecule has 0 radical (unpaired) electrons.